The van der Waals surface area contributed by atoms with Crippen LogP contribution >= 0.6 is 15.9 Å². The van der Waals surface area contributed by atoms with E-state index in [0.29, 0.717) is 17.6 Å². The maximum atomic E-state index is 9.82. The zero-order valence-corrected chi connectivity index (χ0v) is 11.6. The molecule has 0 amide bonds. The van der Waals surface area contributed by atoms with Crippen LogP contribution in [0.25, 0.3) is 0 Å². The molecule has 3 nitrogen and oxygen atoms in total. The first-order valence-corrected chi connectivity index (χ1v) is 7.14. The predicted molar refractivity (Wildman–Crippen MR) is 73.4 cm³/mol. The van der Waals surface area contributed by atoms with E-state index in [2.05, 4.69) is 33.0 Å². The van der Waals surface area contributed by atoms with Crippen molar-refractivity contribution >= 4 is 21.6 Å². The van der Waals surface area contributed by atoms with Crippen molar-refractivity contribution in [3.05, 3.63) is 28.2 Å². The van der Waals surface area contributed by atoms with Gasteiger partial charge in [0, 0.05) is 22.2 Å². The first kappa shape index (κ1) is 12.0. The highest BCUT2D eigenvalue weighted by molar-refractivity contribution is 9.10. The second kappa shape index (κ2) is 4.56. The third kappa shape index (κ3) is 2.02. The Bertz CT molecular complexity index is 497. The quantitative estimate of drug-likeness (QED) is 0.868. The first-order chi connectivity index (χ1) is 8.67. The number of nitrogens with zero attached hydrogens (tertiary/aromatic N) is 2. The van der Waals surface area contributed by atoms with Crippen molar-refractivity contribution < 1.29 is 5.11 Å². The molecule has 2 aliphatic rings. The van der Waals surface area contributed by atoms with Crippen molar-refractivity contribution in [1.82, 2.24) is 0 Å². The van der Waals surface area contributed by atoms with Crippen molar-refractivity contribution in [3.8, 4) is 6.07 Å². The molecular formula is C14H15BrN2O. The number of rotatable bonds is 1. The minimum Gasteiger partial charge on any atom is -0.393 e. The summed E-state index contributed by atoms with van der Waals surface area (Å²) in [5.74, 6) is 0. The van der Waals surface area contributed by atoms with Gasteiger partial charge in [0.05, 0.1) is 17.7 Å². The molecule has 0 aromatic heterocycles. The van der Waals surface area contributed by atoms with Crippen LogP contribution in [0, 0.1) is 11.3 Å². The number of halogens is 1. The van der Waals surface area contributed by atoms with E-state index in [9.17, 15) is 5.11 Å². The summed E-state index contributed by atoms with van der Waals surface area (Å²) in [6.45, 7) is 0. The maximum absolute atomic E-state index is 9.82. The van der Waals surface area contributed by atoms with Gasteiger partial charge in [-0.2, -0.15) is 5.26 Å². The molecule has 3 rings (SSSR count). The highest BCUT2D eigenvalue weighted by atomic mass is 79.9. The Kier molecular flexibility index (Phi) is 3.04. The lowest BCUT2D eigenvalue weighted by molar-refractivity contribution is 0.126. The van der Waals surface area contributed by atoms with E-state index in [-0.39, 0.29) is 6.10 Å². The minimum absolute atomic E-state index is 0.152. The van der Waals surface area contributed by atoms with Crippen LogP contribution in [0.5, 0.6) is 0 Å². The van der Waals surface area contributed by atoms with Crippen LogP contribution in [0.1, 0.15) is 31.2 Å². The molecule has 94 valence electrons. The fourth-order valence-electron chi connectivity index (χ4n) is 3.36. The van der Waals surface area contributed by atoms with Crippen LogP contribution < -0.4 is 4.90 Å². The fourth-order valence-corrected chi connectivity index (χ4v) is 3.84. The Balaban J connectivity index is 1.96. The number of nitriles is 1. The summed E-state index contributed by atoms with van der Waals surface area (Å²) in [5.41, 5.74) is 1.80. The average molecular weight is 307 g/mol. The molecule has 2 fully saturated rings. The molecule has 0 saturated carbocycles. The van der Waals surface area contributed by atoms with Gasteiger partial charge in [-0.25, -0.2) is 0 Å². The molecule has 1 aromatic carbocycles. The van der Waals surface area contributed by atoms with Gasteiger partial charge in [-0.1, -0.05) is 15.9 Å². The van der Waals surface area contributed by atoms with Gasteiger partial charge in [0.15, 0.2) is 0 Å². The summed E-state index contributed by atoms with van der Waals surface area (Å²) in [6, 6.07) is 8.92. The molecule has 18 heavy (non-hydrogen) atoms. The van der Waals surface area contributed by atoms with E-state index >= 15 is 0 Å². The van der Waals surface area contributed by atoms with E-state index in [1.807, 2.05) is 12.1 Å². The Hall–Kier alpha value is -1.05. The zero-order valence-electron chi connectivity index (χ0n) is 10.0. The minimum atomic E-state index is -0.152. The van der Waals surface area contributed by atoms with Crippen molar-refractivity contribution in [2.24, 2.45) is 0 Å². The lowest BCUT2D eigenvalue weighted by Gasteiger charge is -2.39. The number of hydrogen-bond donors (Lipinski definition) is 1. The molecule has 1 aromatic rings. The van der Waals surface area contributed by atoms with Gasteiger partial charge in [-0.15, -0.1) is 0 Å². The number of aliphatic hydroxyl groups is 1. The SMILES string of the molecule is N#Cc1cc(Br)cc(N2C3CCC2CC(O)C3)c1. The molecule has 2 bridgehead atoms. The van der Waals surface area contributed by atoms with E-state index < -0.39 is 0 Å². The Labute approximate surface area is 115 Å². The summed E-state index contributed by atoms with van der Waals surface area (Å²) >= 11 is 3.47. The van der Waals surface area contributed by atoms with E-state index in [1.54, 1.807) is 0 Å². The van der Waals surface area contributed by atoms with Crippen LogP contribution in [-0.4, -0.2) is 23.3 Å². The lowest BCUT2D eigenvalue weighted by atomic mass is 9.99. The zero-order chi connectivity index (χ0) is 12.7. The number of benzene rings is 1. The molecular weight excluding hydrogens is 292 g/mol. The summed E-state index contributed by atoms with van der Waals surface area (Å²) in [6.07, 6.45) is 3.85. The Morgan fingerprint density at radius 1 is 1.22 bits per heavy atom. The van der Waals surface area contributed by atoms with Crippen molar-refractivity contribution in [1.29, 1.82) is 5.26 Å². The van der Waals surface area contributed by atoms with E-state index in [1.165, 1.54) is 0 Å². The summed E-state index contributed by atoms with van der Waals surface area (Å²) < 4.78 is 0.946. The molecule has 0 spiro atoms. The third-order valence-electron chi connectivity index (χ3n) is 4.02. The number of fused-ring (bicyclic) bond motifs is 2. The van der Waals surface area contributed by atoms with Gasteiger partial charge >= 0.3 is 0 Å². The number of piperidine rings is 1. The topological polar surface area (TPSA) is 47.3 Å². The molecule has 2 aliphatic heterocycles. The number of aliphatic hydroxyl groups excluding tert-OH is 1. The molecule has 2 heterocycles. The highest BCUT2D eigenvalue weighted by Crippen LogP contribution is 2.40. The fraction of sp³-hybridized carbons (Fsp3) is 0.500. The molecule has 2 unspecified atom stereocenters. The van der Waals surface area contributed by atoms with Gasteiger partial charge in [0.1, 0.15) is 0 Å². The van der Waals surface area contributed by atoms with Crippen molar-refractivity contribution in [3.63, 3.8) is 0 Å². The molecule has 0 radical (unpaired) electrons. The largest absolute Gasteiger partial charge is 0.393 e. The summed E-state index contributed by atoms with van der Waals surface area (Å²) in [4.78, 5) is 2.40. The van der Waals surface area contributed by atoms with Gasteiger partial charge in [0.2, 0.25) is 0 Å². The molecule has 0 aliphatic carbocycles. The van der Waals surface area contributed by atoms with Crippen molar-refractivity contribution in [2.45, 2.75) is 43.9 Å². The monoisotopic (exact) mass is 306 g/mol. The Morgan fingerprint density at radius 3 is 2.50 bits per heavy atom. The number of anilines is 1. The smallest absolute Gasteiger partial charge is 0.0992 e. The van der Waals surface area contributed by atoms with Gasteiger partial charge < -0.3 is 10.0 Å². The van der Waals surface area contributed by atoms with Crippen LogP contribution in [0.3, 0.4) is 0 Å². The molecule has 2 atom stereocenters. The number of hydrogen-bond acceptors (Lipinski definition) is 3. The van der Waals surface area contributed by atoms with Crippen molar-refractivity contribution in [2.75, 3.05) is 4.90 Å². The predicted octanol–water partition coefficient (Wildman–Crippen LogP) is 2.81. The standard InChI is InChI=1S/C14H15BrN2O/c15-10-3-9(8-16)4-13(5-10)17-11-1-2-12(17)7-14(18)6-11/h3-5,11-12,14,18H,1-2,6-7H2. The van der Waals surface area contributed by atoms with Crippen LogP contribution in [0.15, 0.2) is 22.7 Å². The lowest BCUT2D eigenvalue weighted by Crippen LogP contribution is -2.44. The first-order valence-electron chi connectivity index (χ1n) is 6.34. The maximum Gasteiger partial charge on any atom is 0.0992 e. The van der Waals surface area contributed by atoms with Gasteiger partial charge in [-0.3, -0.25) is 0 Å². The summed E-state index contributed by atoms with van der Waals surface area (Å²) in [7, 11) is 0. The second-order valence-corrected chi connectivity index (χ2v) is 6.14. The average Bonchev–Trinajstić information content (AvgIpc) is 2.61. The second-order valence-electron chi connectivity index (χ2n) is 5.23. The molecule has 4 heteroatoms. The van der Waals surface area contributed by atoms with E-state index in [4.69, 9.17) is 5.26 Å². The molecule has 2 saturated heterocycles. The third-order valence-corrected chi connectivity index (χ3v) is 4.48. The highest BCUT2D eigenvalue weighted by Gasteiger charge is 2.40. The van der Waals surface area contributed by atoms with Crippen LogP contribution in [-0.2, 0) is 0 Å². The van der Waals surface area contributed by atoms with Crippen LogP contribution in [0.4, 0.5) is 5.69 Å². The van der Waals surface area contributed by atoms with Crippen LogP contribution in [0.2, 0.25) is 0 Å². The van der Waals surface area contributed by atoms with Gasteiger partial charge in [0.25, 0.3) is 0 Å². The van der Waals surface area contributed by atoms with E-state index in [0.717, 1.165) is 35.8 Å². The summed E-state index contributed by atoms with van der Waals surface area (Å²) in [5, 5.41) is 18.9. The normalized spacial score (nSPS) is 30.3. The molecule has 1 N–H and O–H groups in total. The van der Waals surface area contributed by atoms with Gasteiger partial charge in [-0.05, 0) is 43.9 Å². The Morgan fingerprint density at radius 2 is 1.89 bits per heavy atom.